The molecular weight excluding hydrogens is 269 g/mol. The standard InChI is InChI=1S/C14H19ClFNS/c15-12-1-2-14(16)11(8-12)9-13(17)7-10-3-5-18-6-4-10/h1-2,8,10,13H,3-7,9,17H2. The summed E-state index contributed by atoms with van der Waals surface area (Å²) in [7, 11) is 0. The third-order valence-corrected chi connectivity index (χ3v) is 4.75. The van der Waals surface area contributed by atoms with Crippen molar-refractivity contribution in [3.8, 4) is 0 Å². The molecule has 1 aromatic rings. The third kappa shape index (κ3) is 4.15. The first kappa shape index (κ1) is 14.2. The van der Waals surface area contributed by atoms with E-state index in [4.69, 9.17) is 17.3 Å². The van der Waals surface area contributed by atoms with Gasteiger partial charge in [0, 0.05) is 11.1 Å². The minimum atomic E-state index is -0.200. The molecule has 1 atom stereocenters. The highest BCUT2D eigenvalue weighted by Gasteiger charge is 2.18. The summed E-state index contributed by atoms with van der Waals surface area (Å²) in [5.74, 6) is 2.99. The van der Waals surface area contributed by atoms with Crippen molar-refractivity contribution < 1.29 is 4.39 Å². The molecule has 100 valence electrons. The van der Waals surface area contributed by atoms with Crippen molar-refractivity contribution >= 4 is 23.4 Å². The minimum absolute atomic E-state index is 0.0334. The summed E-state index contributed by atoms with van der Waals surface area (Å²) in [6.45, 7) is 0. The molecule has 1 nitrogen and oxygen atoms in total. The molecule has 0 saturated carbocycles. The molecule has 0 aromatic heterocycles. The lowest BCUT2D eigenvalue weighted by atomic mass is 9.91. The van der Waals surface area contributed by atoms with Crippen LogP contribution in [0.1, 0.15) is 24.8 Å². The highest BCUT2D eigenvalue weighted by atomic mass is 35.5. The Morgan fingerprint density at radius 1 is 1.39 bits per heavy atom. The fraction of sp³-hybridized carbons (Fsp3) is 0.571. The summed E-state index contributed by atoms with van der Waals surface area (Å²) in [5.41, 5.74) is 6.78. The molecule has 0 aliphatic carbocycles. The van der Waals surface area contributed by atoms with Crippen LogP contribution in [0.2, 0.25) is 5.02 Å². The first-order valence-corrected chi connectivity index (χ1v) is 7.95. The molecule has 1 unspecified atom stereocenters. The van der Waals surface area contributed by atoms with Crippen LogP contribution in [0.3, 0.4) is 0 Å². The van der Waals surface area contributed by atoms with Crippen LogP contribution in [0.5, 0.6) is 0 Å². The van der Waals surface area contributed by atoms with Crippen molar-refractivity contribution in [2.45, 2.75) is 31.7 Å². The smallest absolute Gasteiger partial charge is 0.126 e. The number of hydrogen-bond acceptors (Lipinski definition) is 2. The Bertz CT molecular complexity index is 393. The maximum Gasteiger partial charge on any atom is 0.126 e. The van der Waals surface area contributed by atoms with Gasteiger partial charge in [-0.15, -0.1) is 0 Å². The lowest BCUT2D eigenvalue weighted by Gasteiger charge is -2.24. The zero-order valence-corrected chi connectivity index (χ0v) is 11.9. The van der Waals surface area contributed by atoms with E-state index in [1.54, 1.807) is 12.1 Å². The monoisotopic (exact) mass is 287 g/mol. The summed E-state index contributed by atoms with van der Waals surface area (Å²) in [5, 5.41) is 0.577. The number of rotatable bonds is 4. The third-order valence-electron chi connectivity index (χ3n) is 3.47. The van der Waals surface area contributed by atoms with E-state index in [9.17, 15) is 4.39 Å². The van der Waals surface area contributed by atoms with Gasteiger partial charge in [0.1, 0.15) is 5.82 Å². The number of halogens is 2. The summed E-state index contributed by atoms with van der Waals surface area (Å²) in [4.78, 5) is 0. The second-order valence-electron chi connectivity index (χ2n) is 4.99. The molecule has 0 spiro atoms. The van der Waals surface area contributed by atoms with Gasteiger partial charge in [0.15, 0.2) is 0 Å². The Morgan fingerprint density at radius 3 is 2.83 bits per heavy atom. The Kier molecular flexibility index (Phi) is 5.34. The van der Waals surface area contributed by atoms with Crippen molar-refractivity contribution in [3.05, 3.63) is 34.6 Å². The molecule has 0 radical (unpaired) electrons. The van der Waals surface area contributed by atoms with E-state index < -0.39 is 0 Å². The minimum Gasteiger partial charge on any atom is -0.327 e. The molecular formula is C14H19ClFNS. The molecule has 4 heteroatoms. The van der Waals surface area contributed by atoms with Gasteiger partial charge in [-0.2, -0.15) is 11.8 Å². The van der Waals surface area contributed by atoms with Crippen LogP contribution in [0.4, 0.5) is 4.39 Å². The van der Waals surface area contributed by atoms with E-state index >= 15 is 0 Å². The van der Waals surface area contributed by atoms with Crippen LogP contribution < -0.4 is 5.73 Å². The van der Waals surface area contributed by atoms with E-state index in [2.05, 4.69) is 0 Å². The summed E-state index contributed by atoms with van der Waals surface area (Å²) >= 11 is 7.90. The van der Waals surface area contributed by atoms with Gasteiger partial charge in [0.05, 0.1) is 0 Å². The molecule has 2 rings (SSSR count). The average Bonchev–Trinajstić information content (AvgIpc) is 2.35. The predicted octanol–water partition coefficient (Wildman–Crippen LogP) is 3.88. The van der Waals surface area contributed by atoms with Crippen molar-refractivity contribution in [1.82, 2.24) is 0 Å². The summed E-state index contributed by atoms with van der Waals surface area (Å²) in [6, 6.07) is 4.71. The van der Waals surface area contributed by atoms with Crippen LogP contribution in [-0.2, 0) is 6.42 Å². The quantitative estimate of drug-likeness (QED) is 0.909. The molecule has 1 heterocycles. The molecule has 1 fully saturated rings. The zero-order valence-electron chi connectivity index (χ0n) is 10.4. The average molecular weight is 288 g/mol. The fourth-order valence-corrected chi connectivity index (χ4v) is 3.87. The van der Waals surface area contributed by atoms with E-state index in [1.807, 2.05) is 11.8 Å². The molecule has 0 amide bonds. The van der Waals surface area contributed by atoms with E-state index in [1.165, 1.54) is 30.4 Å². The normalized spacial score (nSPS) is 18.8. The molecule has 2 N–H and O–H groups in total. The number of hydrogen-bond donors (Lipinski definition) is 1. The molecule has 18 heavy (non-hydrogen) atoms. The largest absolute Gasteiger partial charge is 0.327 e. The zero-order chi connectivity index (χ0) is 13.0. The summed E-state index contributed by atoms with van der Waals surface area (Å²) < 4.78 is 13.6. The van der Waals surface area contributed by atoms with Crippen LogP contribution in [0.15, 0.2) is 18.2 Å². The molecule has 1 aliphatic rings. The maximum absolute atomic E-state index is 13.6. The molecule has 1 saturated heterocycles. The van der Waals surface area contributed by atoms with Gasteiger partial charge in [-0.05, 0) is 66.9 Å². The Labute approximate surface area is 117 Å². The molecule has 1 aromatic carbocycles. The Balaban J connectivity index is 1.89. The summed E-state index contributed by atoms with van der Waals surface area (Å²) in [6.07, 6.45) is 4.06. The first-order valence-electron chi connectivity index (χ1n) is 6.42. The fourth-order valence-electron chi connectivity index (χ4n) is 2.48. The topological polar surface area (TPSA) is 26.0 Å². The predicted molar refractivity (Wildman–Crippen MR) is 77.8 cm³/mol. The lowest BCUT2D eigenvalue weighted by Crippen LogP contribution is -2.28. The van der Waals surface area contributed by atoms with E-state index in [0.29, 0.717) is 22.9 Å². The van der Waals surface area contributed by atoms with Gasteiger partial charge in [-0.25, -0.2) is 4.39 Å². The first-order chi connectivity index (χ1) is 8.65. The van der Waals surface area contributed by atoms with Crippen molar-refractivity contribution in [2.24, 2.45) is 11.7 Å². The maximum atomic E-state index is 13.6. The number of thioether (sulfide) groups is 1. The van der Waals surface area contributed by atoms with Gasteiger partial charge in [0.25, 0.3) is 0 Å². The van der Waals surface area contributed by atoms with Gasteiger partial charge in [0.2, 0.25) is 0 Å². The van der Waals surface area contributed by atoms with Crippen LogP contribution in [0.25, 0.3) is 0 Å². The Morgan fingerprint density at radius 2 is 2.11 bits per heavy atom. The van der Waals surface area contributed by atoms with Crippen LogP contribution >= 0.6 is 23.4 Å². The number of nitrogens with two attached hydrogens (primary N) is 1. The SMILES string of the molecule is NC(Cc1cc(Cl)ccc1F)CC1CCSCC1. The molecule has 0 bridgehead atoms. The van der Waals surface area contributed by atoms with Crippen molar-refractivity contribution in [1.29, 1.82) is 0 Å². The lowest BCUT2D eigenvalue weighted by molar-refractivity contribution is 0.403. The van der Waals surface area contributed by atoms with Crippen LogP contribution in [0, 0.1) is 11.7 Å². The second-order valence-corrected chi connectivity index (χ2v) is 6.65. The highest BCUT2D eigenvalue weighted by Crippen LogP contribution is 2.27. The molecule has 1 aliphatic heterocycles. The number of benzene rings is 1. The van der Waals surface area contributed by atoms with E-state index in [0.717, 1.165) is 6.42 Å². The second kappa shape index (κ2) is 6.78. The highest BCUT2D eigenvalue weighted by molar-refractivity contribution is 7.99. The van der Waals surface area contributed by atoms with Gasteiger partial charge >= 0.3 is 0 Å². The van der Waals surface area contributed by atoms with Gasteiger partial charge in [-0.3, -0.25) is 0 Å². The Hall–Kier alpha value is -0.250. The van der Waals surface area contributed by atoms with Gasteiger partial charge in [-0.1, -0.05) is 11.6 Å². The van der Waals surface area contributed by atoms with Crippen molar-refractivity contribution in [3.63, 3.8) is 0 Å². The van der Waals surface area contributed by atoms with Crippen LogP contribution in [-0.4, -0.2) is 17.5 Å². The van der Waals surface area contributed by atoms with Crippen molar-refractivity contribution in [2.75, 3.05) is 11.5 Å². The van der Waals surface area contributed by atoms with E-state index in [-0.39, 0.29) is 11.9 Å². The van der Waals surface area contributed by atoms with Gasteiger partial charge < -0.3 is 5.73 Å².